The number of benzene rings is 1. The van der Waals surface area contributed by atoms with E-state index in [0.29, 0.717) is 12.1 Å². The Morgan fingerprint density at radius 3 is 2.55 bits per heavy atom. The molecule has 1 aromatic carbocycles. The van der Waals surface area contributed by atoms with Crippen LogP contribution in [0.3, 0.4) is 0 Å². The van der Waals surface area contributed by atoms with Crippen LogP contribution >= 0.6 is 0 Å². The maximum Gasteiger partial charge on any atom is 0.128 e. The van der Waals surface area contributed by atoms with Crippen LogP contribution in [0.4, 0.5) is 21.6 Å². The van der Waals surface area contributed by atoms with Crippen LogP contribution in [0, 0.1) is 5.82 Å². The number of halogens is 1. The molecule has 2 aromatic rings. The summed E-state index contributed by atoms with van der Waals surface area (Å²) in [6.45, 7) is 10.7. The van der Waals surface area contributed by atoms with Crippen LogP contribution in [0.25, 0.3) is 0 Å². The second-order valence-electron chi connectivity index (χ2n) is 8.43. The molecule has 6 heteroatoms. The highest BCUT2D eigenvalue weighted by Gasteiger charge is 2.22. The van der Waals surface area contributed by atoms with Gasteiger partial charge in [-0.3, -0.25) is 4.90 Å². The minimum atomic E-state index is -0.176. The van der Waals surface area contributed by atoms with Gasteiger partial charge in [0.2, 0.25) is 0 Å². The maximum atomic E-state index is 13.6. The molecule has 0 aliphatic carbocycles. The summed E-state index contributed by atoms with van der Waals surface area (Å²) in [5, 5.41) is 3.62. The van der Waals surface area contributed by atoms with E-state index >= 15 is 0 Å². The Bertz CT molecular complexity index is 803. The number of hydrogen-bond donors (Lipinski definition) is 1. The van der Waals surface area contributed by atoms with Crippen molar-refractivity contribution in [2.75, 3.05) is 54.4 Å². The molecular weight excluding hydrogens is 365 g/mol. The molecule has 2 aliphatic heterocycles. The van der Waals surface area contributed by atoms with E-state index in [9.17, 15) is 4.39 Å². The summed E-state index contributed by atoms with van der Waals surface area (Å²) in [4.78, 5) is 11.8. The fraction of sp³-hybridized carbons (Fsp3) is 0.522. The van der Waals surface area contributed by atoms with Crippen LogP contribution in [-0.2, 0) is 0 Å². The minimum absolute atomic E-state index is 0.176. The predicted molar refractivity (Wildman–Crippen MR) is 118 cm³/mol. The first-order valence-electron chi connectivity index (χ1n) is 10.8. The van der Waals surface area contributed by atoms with E-state index in [0.717, 1.165) is 63.6 Å². The second kappa shape index (κ2) is 8.99. The zero-order valence-electron chi connectivity index (χ0n) is 17.5. The summed E-state index contributed by atoms with van der Waals surface area (Å²) in [6.07, 6.45) is 4.09. The predicted octanol–water partition coefficient (Wildman–Crippen LogP) is 3.83. The lowest BCUT2D eigenvalue weighted by Gasteiger charge is -2.38. The van der Waals surface area contributed by atoms with Gasteiger partial charge in [-0.2, -0.15) is 0 Å². The summed E-state index contributed by atoms with van der Waals surface area (Å²) in [5.41, 5.74) is 2.20. The summed E-state index contributed by atoms with van der Waals surface area (Å²) in [6, 6.07) is 12.1. The maximum absolute atomic E-state index is 13.6. The first-order chi connectivity index (χ1) is 14.1. The standard InChI is InChI=1S/C23H32FN5/c1-18(2)27-11-13-28(14-12-27)22-8-9-25-23(16-22)26-20-6-4-10-29(17-20)21-7-3-5-19(24)15-21/h3,5,7-9,15-16,18,20H,4,6,10-14,17H2,1-2H3,(H,25,26). The lowest BCUT2D eigenvalue weighted by atomic mass is 10.0. The number of nitrogens with zero attached hydrogens (tertiary/aromatic N) is 4. The smallest absolute Gasteiger partial charge is 0.128 e. The molecule has 2 aliphatic rings. The molecular formula is C23H32FN5. The average Bonchev–Trinajstić information content (AvgIpc) is 2.74. The first kappa shape index (κ1) is 20.0. The van der Waals surface area contributed by atoms with Crippen molar-refractivity contribution in [2.24, 2.45) is 0 Å². The molecule has 1 unspecified atom stereocenters. The van der Waals surface area contributed by atoms with Crippen LogP contribution < -0.4 is 15.1 Å². The molecule has 1 N–H and O–H groups in total. The highest BCUT2D eigenvalue weighted by molar-refractivity contribution is 5.55. The van der Waals surface area contributed by atoms with Gasteiger partial charge in [-0.25, -0.2) is 9.37 Å². The number of hydrogen-bond acceptors (Lipinski definition) is 5. The molecule has 4 rings (SSSR count). The third-order valence-corrected chi connectivity index (χ3v) is 6.10. The van der Waals surface area contributed by atoms with Gasteiger partial charge in [0.05, 0.1) is 0 Å². The largest absolute Gasteiger partial charge is 0.369 e. The lowest BCUT2D eigenvalue weighted by Crippen LogP contribution is -2.48. The van der Waals surface area contributed by atoms with E-state index in [-0.39, 0.29) is 5.82 Å². The third-order valence-electron chi connectivity index (χ3n) is 6.10. The normalized spacial score (nSPS) is 20.9. The van der Waals surface area contributed by atoms with Crippen molar-refractivity contribution < 1.29 is 4.39 Å². The van der Waals surface area contributed by atoms with Crippen molar-refractivity contribution in [3.63, 3.8) is 0 Å². The van der Waals surface area contributed by atoms with E-state index in [1.807, 2.05) is 12.3 Å². The monoisotopic (exact) mass is 397 g/mol. The first-order valence-corrected chi connectivity index (χ1v) is 10.8. The van der Waals surface area contributed by atoms with Gasteiger partial charge in [0.1, 0.15) is 11.6 Å². The minimum Gasteiger partial charge on any atom is -0.369 e. The van der Waals surface area contributed by atoms with Crippen molar-refractivity contribution in [1.29, 1.82) is 0 Å². The second-order valence-corrected chi connectivity index (χ2v) is 8.43. The van der Waals surface area contributed by atoms with Gasteiger partial charge >= 0.3 is 0 Å². The quantitative estimate of drug-likeness (QED) is 0.829. The molecule has 1 aromatic heterocycles. The summed E-state index contributed by atoms with van der Waals surface area (Å²) in [7, 11) is 0. The fourth-order valence-corrected chi connectivity index (χ4v) is 4.40. The van der Waals surface area contributed by atoms with Crippen LogP contribution in [-0.4, -0.2) is 61.2 Å². The molecule has 2 fully saturated rings. The van der Waals surface area contributed by atoms with Gasteiger partial charge in [-0.1, -0.05) is 6.07 Å². The Morgan fingerprint density at radius 2 is 1.79 bits per heavy atom. The number of aromatic nitrogens is 1. The number of piperidine rings is 1. The Labute approximate surface area is 173 Å². The number of pyridine rings is 1. The van der Waals surface area contributed by atoms with Crippen molar-refractivity contribution >= 4 is 17.2 Å². The zero-order chi connectivity index (χ0) is 20.2. The van der Waals surface area contributed by atoms with Crippen molar-refractivity contribution in [3.05, 3.63) is 48.4 Å². The zero-order valence-corrected chi connectivity index (χ0v) is 17.5. The Morgan fingerprint density at radius 1 is 1.00 bits per heavy atom. The number of rotatable bonds is 5. The van der Waals surface area contributed by atoms with Crippen LogP contribution in [0.1, 0.15) is 26.7 Å². The van der Waals surface area contributed by atoms with Crippen LogP contribution in [0.5, 0.6) is 0 Å². The third kappa shape index (κ3) is 4.99. The van der Waals surface area contributed by atoms with Crippen LogP contribution in [0.2, 0.25) is 0 Å². The van der Waals surface area contributed by atoms with Crippen molar-refractivity contribution in [2.45, 2.75) is 38.8 Å². The van der Waals surface area contributed by atoms with Crippen LogP contribution in [0.15, 0.2) is 42.6 Å². The van der Waals surface area contributed by atoms with Gasteiger partial charge < -0.3 is 15.1 Å². The Balaban J connectivity index is 1.38. The lowest BCUT2D eigenvalue weighted by molar-refractivity contribution is 0.209. The molecule has 0 saturated carbocycles. The van der Waals surface area contributed by atoms with Gasteiger partial charge in [0, 0.05) is 75.0 Å². The molecule has 29 heavy (non-hydrogen) atoms. The van der Waals surface area contributed by atoms with E-state index in [2.05, 4.69) is 51.0 Å². The number of nitrogens with one attached hydrogen (secondary N) is 1. The van der Waals surface area contributed by atoms with E-state index in [1.165, 1.54) is 11.8 Å². The van der Waals surface area contributed by atoms with E-state index in [4.69, 9.17) is 0 Å². The Hall–Kier alpha value is -2.34. The number of anilines is 3. The average molecular weight is 398 g/mol. The molecule has 5 nitrogen and oxygen atoms in total. The highest BCUT2D eigenvalue weighted by atomic mass is 19.1. The molecule has 0 bridgehead atoms. The van der Waals surface area contributed by atoms with E-state index < -0.39 is 0 Å². The highest BCUT2D eigenvalue weighted by Crippen LogP contribution is 2.24. The van der Waals surface area contributed by atoms with Gasteiger partial charge in [0.15, 0.2) is 0 Å². The number of piperazine rings is 1. The molecule has 0 spiro atoms. The SMILES string of the molecule is CC(C)N1CCN(c2ccnc(NC3CCCN(c4cccc(F)c4)C3)c2)CC1. The van der Waals surface area contributed by atoms with E-state index in [1.54, 1.807) is 12.1 Å². The molecule has 2 saturated heterocycles. The molecule has 156 valence electrons. The van der Waals surface area contributed by atoms with Gasteiger partial charge in [-0.15, -0.1) is 0 Å². The molecule has 0 amide bonds. The molecule has 3 heterocycles. The summed E-state index contributed by atoms with van der Waals surface area (Å²) >= 11 is 0. The molecule has 1 atom stereocenters. The fourth-order valence-electron chi connectivity index (χ4n) is 4.40. The summed E-state index contributed by atoms with van der Waals surface area (Å²) in [5.74, 6) is 0.754. The van der Waals surface area contributed by atoms with Crippen molar-refractivity contribution in [1.82, 2.24) is 9.88 Å². The van der Waals surface area contributed by atoms with Gasteiger partial charge in [0.25, 0.3) is 0 Å². The summed E-state index contributed by atoms with van der Waals surface area (Å²) < 4.78 is 13.6. The topological polar surface area (TPSA) is 34.6 Å². The van der Waals surface area contributed by atoms with Gasteiger partial charge in [-0.05, 0) is 51.0 Å². The van der Waals surface area contributed by atoms with Crippen molar-refractivity contribution in [3.8, 4) is 0 Å². The Kier molecular flexibility index (Phi) is 6.19. The molecule has 0 radical (unpaired) electrons.